The van der Waals surface area contributed by atoms with Crippen LogP contribution in [0.15, 0.2) is 46.1 Å². The first-order valence-corrected chi connectivity index (χ1v) is 11.0. The number of nitrogens with one attached hydrogen (secondary N) is 1. The van der Waals surface area contributed by atoms with Gasteiger partial charge in [-0.05, 0) is 69.1 Å². The van der Waals surface area contributed by atoms with E-state index in [1.165, 1.54) is 35.2 Å². The lowest BCUT2D eigenvalue weighted by Crippen LogP contribution is -2.28. The molecule has 1 fully saturated rings. The third-order valence-electron chi connectivity index (χ3n) is 5.73. The summed E-state index contributed by atoms with van der Waals surface area (Å²) in [6, 6.07) is 9.67. The molecule has 1 saturated carbocycles. The van der Waals surface area contributed by atoms with Crippen LogP contribution in [0.5, 0.6) is 5.75 Å². The Bertz CT molecular complexity index is 1130. The molecule has 2 aromatic heterocycles. The Hall–Kier alpha value is -3.16. The molecular weight excluding hydrogens is 394 g/mol. The van der Waals surface area contributed by atoms with E-state index in [0.717, 1.165) is 61.9 Å². The van der Waals surface area contributed by atoms with Crippen molar-refractivity contribution in [3.8, 4) is 5.75 Å². The number of aromatic amines is 1. The maximum Gasteiger partial charge on any atom is 0.328 e. The van der Waals surface area contributed by atoms with E-state index in [2.05, 4.69) is 34.4 Å². The number of hydrogen-bond donors (Lipinski definition) is 1. The molecule has 0 radical (unpaired) electrons. The van der Waals surface area contributed by atoms with Gasteiger partial charge in [-0.25, -0.2) is 9.48 Å². The summed E-state index contributed by atoms with van der Waals surface area (Å²) in [5, 5.41) is 8.67. The molecule has 1 aromatic carbocycles. The van der Waals surface area contributed by atoms with Gasteiger partial charge in [0, 0.05) is 25.4 Å². The molecule has 0 aliphatic heterocycles. The van der Waals surface area contributed by atoms with Gasteiger partial charge < -0.3 is 9.30 Å². The summed E-state index contributed by atoms with van der Waals surface area (Å²) >= 11 is 0. The Morgan fingerprint density at radius 2 is 2.00 bits per heavy atom. The highest BCUT2D eigenvalue weighted by Gasteiger charge is 2.21. The summed E-state index contributed by atoms with van der Waals surface area (Å²) in [6.45, 7) is 4.22. The Morgan fingerprint density at radius 1 is 1.13 bits per heavy atom. The smallest absolute Gasteiger partial charge is 0.328 e. The molecule has 1 aliphatic rings. The lowest BCUT2D eigenvalue weighted by atomic mass is 10.1. The van der Waals surface area contributed by atoms with E-state index < -0.39 is 0 Å². The van der Waals surface area contributed by atoms with Gasteiger partial charge in [0.05, 0.1) is 18.0 Å². The first-order chi connectivity index (χ1) is 15.1. The van der Waals surface area contributed by atoms with Gasteiger partial charge in [-0.15, -0.1) is 5.10 Å². The monoisotopic (exact) mass is 423 g/mol. The second-order valence-corrected chi connectivity index (χ2v) is 8.26. The molecular formula is C23H29N5O3. The first kappa shape index (κ1) is 21.1. The minimum atomic E-state index is -0.369. The maximum atomic E-state index is 11.7. The number of nitrogens with zero attached hydrogens (tertiary/aromatic N) is 4. The van der Waals surface area contributed by atoms with Gasteiger partial charge in [0.25, 0.3) is 5.56 Å². The largest absolute Gasteiger partial charge is 0.493 e. The van der Waals surface area contributed by atoms with Gasteiger partial charge in [-0.1, -0.05) is 17.3 Å². The molecule has 8 heteroatoms. The average Bonchev–Trinajstić information content (AvgIpc) is 3.53. The van der Waals surface area contributed by atoms with E-state index in [0.29, 0.717) is 6.54 Å². The molecule has 31 heavy (non-hydrogen) atoms. The normalized spacial score (nSPS) is 13.5. The van der Waals surface area contributed by atoms with Crippen LogP contribution in [0.4, 0.5) is 0 Å². The van der Waals surface area contributed by atoms with Crippen LogP contribution in [0.1, 0.15) is 42.6 Å². The van der Waals surface area contributed by atoms with Crippen molar-refractivity contribution < 1.29 is 4.74 Å². The zero-order chi connectivity index (χ0) is 21.6. The highest BCUT2D eigenvalue weighted by molar-refractivity contribution is 5.28. The van der Waals surface area contributed by atoms with Crippen LogP contribution in [0.2, 0.25) is 0 Å². The van der Waals surface area contributed by atoms with Gasteiger partial charge in [-0.2, -0.15) is 0 Å². The van der Waals surface area contributed by atoms with E-state index in [1.807, 2.05) is 16.8 Å². The van der Waals surface area contributed by atoms with Gasteiger partial charge in [0.15, 0.2) is 0 Å². The van der Waals surface area contributed by atoms with Crippen molar-refractivity contribution in [2.24, 2.45) is 5.92 Å². The number of aromatic nitrogens is 5. The standard InChI is InChI=1S/C23H29N5O3/c1-17-21(7-2-3-12-27-13-11-22(29)24-23(27)30)25-26-28(17)14-10-18-5-4-6-20(15-18)31-16-19-8-9-19/h4-6,11,13,15,19H,2-3,7-10,12,14,16H2,1H3,(H,24,29,30). The lowest BCUT2D eigenvalue weighted by molar-refractivity contribution is 0.299. The number of ether oxygens (including phenoxy) is 1. The van der Waals surface area contributed by atoms with Crippen LogP contribution in [0.3, 0.4) is 0 Å². The fourth-order valence-corrected chi connectivity index (χ4v) is 3.56. The summed E-state index contributed by atoms with van der Waals surface area (Å²) in [5.41, 5.74) is 2.58. The highest BCUT2D eigenvalue weighted by atomic mass is 16.5. The van der Waals surface area contributed by atoms with Crippen LogP contribution in [0.25, 0.3) is 0 Å². The molecule has 0 bridgehead atoms. The van der Waals surface area contributed by atoms with Crippen molar-refractivity contribution in [2.75, 3.05) is 6.61 Å². The summed E-state index contributed by atoms with van der Waals surface area (Å²) in [4.78, 5) is 25.1. The zero-order valence-electron chi connectivity index (χ0n) is 17.9. The van der Waals surface area contributed by atoms with E-state index in [4.69, 9.17) is 4.74 Å². The van der Waals surface area contributed by atoms with Crippen LogP contribution in [-0.4, -0.2) is 31.2 Å². The Kier molecular flexibility index (Phi) is 6.64. The minimum Gasteiger partial charge on any atom is -0.493 e. The van der Waals surface area contributed by atoms with Gasteiger partial charge in [0.2, 0.25) is 0 Å². The molecule has 8 nitrogen and oxygen atoms in total. The third kappa shape index (κ3) is 5.93. The van der Waals surface area contributed by atoms with Gasteiger partial charge in [-0.3, -0.25) is 9.78 Å². The predicted octanol–water partition coefficient (Wildman–Crippen LogP) is 2.49. The molecule has 0 unspecified atom stereocenters. The molecule has 4 rings (SSSR count). The SMILES string of the molecule is Cc1c(CCCCn2ccc(=O)[nH]c2=O)nnn1CCc1cccc(OCC2CC2)c1. The van der Waals surface area contributed by atoms with Crippen LogP contribution in [-0.2, 0) is 25.9 Å². The first-order valence-electron chi connectivity index (χ1n) is 11.0. The zero-order valence-corrected chi connectivity index (χ0v) is 17.9. The summed E-state index contributed by atoms with van der Waals surface area (Å²) in [6.07, 6.45) is 7.53. The molecule has 1 aliphatic carbocycles. The van der Waals surface area contributed by atoms with Crippen LogP contribution < -0.4 is 16.0 Å². The number of H-pyrrole nitrogens is 1. The van der Waals surface area contributed by atoms with Crippen LogP contribution >= 0.6 is 0 Å². The van der Waals surface area contributed by atoms with Crippen molar-refractivity contribution in [3.05, 3.63) is 74.3 Å². The average molecular weight is 424 g/mol. The van der Waals surface area contributed by atoms with E-state index in [9.17, 15) is 9.59 Å². The van der Waals surface area contributed by atoms with E-state index in [1.54, 1.807) is 0 Å². The molecule has 0 saturated heterocycles. The van der Waals surface area contributed by atoms with Crippen molar-refractivity contribution in [1.82, 2.24) is 24.5 Å². The summed E-state index contributed by atoms with van der Waals surface area (Å²) in [5.74, 6) is 1.69. The maximum absolute atomic E-state index is 11.7. The number of aryl methyl sites for hydroxylation is 4. The third-order valence-corrected chi connectivity index (χ3v) is 5.73. The predicted molar refractivity (Wildman–Crippen MR) is 117 cm³/mol. The molecule has 2 heterocycles. The highest BCUT2D eigenvalue weighted by Crippen LogP contribution is 2.29. The number of hydrogen-bond acceptors (Lipinski definition) is 5. The Balaban J connectivity index is 1.24. The lowest BCUT2D eigenvalue weighted by Gasteiger charge is -2.08. The van der Waals surface area contributed by atoms with E-state index in [-0.39, 0.29) is 11.2 Å². The summed E-state index contributed by atoms with van der Waals surface area (Å²) < 4.78 is 9.36. The molecule has 1 N–H and O–H groups in total. The van der Waals surface area contributed by atoms with E-state index >= 15 is 0 Å². The van der Waals surface area contributed by atoms with Crippen molar-refractivity contribution in [3.63, 3.8) is 0 Å². The molecule has 164 valence electrons. The van der Waals surface area contributed by atoms with Crippen molar-refractivity contribution >= 4 is 0 Å². The van der Waals surface area contributed by atoms with Crippen molar-refractivity contribution in [1.29, 1.82) is 0 Å². The number of unbranched alkanes of at least 4 members (excludes halogenated alkanes) is 1. The minimum absolute atomic E-state index is 0.364. The van der Waals surface area contributed by atoms with Crippen molar-refractivity contribution in [2.45, 2.75) is 58.5 Å². The second-order valence-electron chi connectivity index (χ2n) is 8.26. The Morgan fingerprint density at radius 3 is 2.81 bits per heavy atom. The molecule has 0 spiro atoms. The number of rotatable bonds is 11. The molecule has 3 aromatic rings. The fraction of sp³-hybridized carbons (Fsp3) is 0.478. The topological polar surface area (TPSA) is 94.8 Å². The summed E-state index contributed by atoms with van der Waals surface area (Å²) in [7, 11) is 0. The van der Waals surface area contributed by atoms with Crippen LogP contribution in [0, 0.1) is 12.8 Å². The molecule has 0 atom stereocenters. The second kappa shape index (κ2) is 9.76. The molecule has 0 amide bonds. The fourth-order valence-electron chi connectivity index (χ4n) is 3.56. The van der Waals surface area contributed by atoms with Gasteiger partial charge >= 0.3 is 5.69 Å². The quantitative estimate of drug-likeness (QED) is 0.478. The number of benzene rings is 1. The Labute approximate surface area is 180 Å². The van der Waals surface area contributed by atoms with Gasteiger partial charge in [0.1, 0.15) is 5.75 Å².